The van der Waals surface area contributed by atoms with Gasteiger partial charge >= 0.3 is 0 Å². The maximum Gasteiger partial charge on any atom is 0.128 e. The van der Waals surface area contributed by atoms with Gasteiger partial charge in [-0.2, -0.15) is 0 Å². The van der Waals surface area contributed by atoms with Crippen molar-refractivity contribution in [1.82, 2.24) is 4.98 Å². The highest BCUT2D eigenvalue weighted by molar-refractivity contribution is 7.99. The molecular weight excluding hydrogens is 278 g/mol. The molecule has 1 unspecified atom stereocenters. The van der Waals surface area contributed by atoms with Gasteiger partial charge in [0.2, 0.25) is 0 Å². The number of nitrogen functional groups attached to an aromatic ring is 1. The lowest BCUT2D eigenvalue weighted by Crippen LogP contribution is -2.17. The van der Waals surface area contributed by atoms with E-state index in [9.17, 15) is 0 Å². The summed E-state index contributed by atoms with van der Waals surface area (Å²) in [7, 11) is 0. The van der Waals surface area contributed by atoms with E-state index in [1.807, 2.05) is 37.3 Å². The van der Waals surface area contributed by atoms with Crippen molar-refractivity contribution in [3.8, 4) is 0 Å². The molecule has 0 amide bonds. The molecule has 0 spiro atoms. The van der Waals surface area contributed by atoms with Crippen molar-refractivity contribution in [3.05, 3.63) is 52.7 Å². The Labute approximate surface area is 122 Å². The summed E-state index contributed by atoms with van der Waals surface area (Å²) in [5, 5.41) is 0.732. The van der Waals surface area contributed by atoms with Crippen LogP contribution in [0.4, 0.5) is 5.82 Å². The number of pyridine rings is 1. The summed E-state index contributed by atoms with van der Waals surface area (Å²) in [6.07, 6.45) is 1.70. The lowest BCUT2D eigenvalue weighted by Gasteiger charge is -2.16. The Morgan fingerprint density at radius 3 is 2.84 bits per heavy atom. The predicted octanol–water partition coefficient (Wildman–Crippen LogP) is 3.42. The Hall–Kier alpha value is -1.23. The third kappa shape index (κ3) is 3.62. The van der Waals surface area contributed by atoms with Gasteiger partial charge in [-0.05, 0) is 36.8 Å². The summed E-state index contributed by atoms with van der Waals surface area (Å²) in [5.41, 5.74) is 14.1. The molecule has 0 radical (unpaired) electrons. The van der Waals surface area contributed by atoms with Crippen molar-refractivity contribution in [2.24, 2.45) is 5.73 Å². The Balaban J connectivity index is 2.07. The van der Waals surface area contributed by atoms with Gasteiger partial charge in [0.25, 0.3) is 0 Å². The maximum atomic E-state index is 6.21. The van der Waals surface area contributed by atoms with Crippen molar-refractivity contribution in [1.29, 1.82) is 0 Å². The second kappa shape index (κ2) is 6.28. The number of thioether (sulfide) groups is 1. The molecule has 0 aliphatic carbocycles. The highest BCUT2D eigenvalue weighted by Gasteiger charge is 2.13. The van der Waals surface area contributed by atoms with E-state index in [1.165, 1.54) is 0 Å². The first-order chi connectivity index (χ1) is 9.08. The Kier molecular flexibility index (Phi) is 4.69. The molecule has 0 aliphatic heterocycles. The molecule has 1 aromatic carbocycles. The van der Waals surface area contributed by atoms with Crippen molar-refractivity contribution < 1.29 is 0 Å². The largest absolute Gasteiger partial charge is 0.383 e. The Bertz CT molecular complexity index is 554. The summed E-state index contributed by atoms with van der Waals surface area (Å²) < 4.78 is 0. The number of anilines is 1. The number of aryl methyl sites for hydroxylation is 1. The third-order valence-electron chi connectivity index (χ3n) is 2.84. The zero-order valence-corrected chi connectivity index (χ0v) is 12.2. The first-order valence-corrected chi connectivity index (χ1v) is 7.29. The van der Waals surface area contributed by atoms with E-state index in [1.54, 1.807) is 18.0 Å². The molecular formula is C14H16ClN3S. The molecule has 1 heterocycles. The molecule has 5 heteroatoms. The number of hydrogen-bond donors (Lipinski definition) is 2. The van der Waals surface area contributed by atoms with Gasteiger partial charge in [0.1, 0.15) is 5.82 Å². The monoisotopic (exact) mass is 293 g/mol. The Morgan fingerprint density at radius 1 is 1.37 bits per heavy atom. The molecule has 1 atom stereocenters. The fourth-order valence-corrected chi connectivity index (χ4v) is 3.08. The number of aromatic nitrogens is 1. The van der Waals surface area contributed by atoms with Crippen molar-refractivity contribution in [2.45, 2.75) is 17.9 Å². The number of benzene rings is 1. The minimum atomic E-state index is -0.141. The molecule has 100 valence electrons. The van der Waals surface area contributed by atoms with Crippen LogP contribution in [0.1, 0.15) is 17.2 Å². The average Bonchev–Trinajstić information content (AvgIpc) is 2.36. The van der Waals surface area contributed by atoms with Crippen LogP contribution in [0.25, 0.3) is 0 Å². The van der Waals surface area contributed by atoms with Crippen LogP contribution in [0.15, 0.2) is 41.4 Å². The number of hydrogen-bond acceptors (Lipinski definition) is 4. The third-order valence-corrected chi connectivity index (χ3v) is 4.18. The van der Waals surface area contributed by atoms with E-state index in [0.717, 1.165) is 26.8 Å². The molecule has 0 bridgehead atoms. The van der Waals surface area contributed by atoms with Gasteiger partial charge in [-0.1, -0.05) is 17.7 Å². The number of nitrogens with zero attached hydrogens (tertiary/aromatic N) is 1. The topological polar surface area (TPSA) is 64.9 Å². The van der Waals surface area contributed by atoms with Crippen LogP contribution >= 0.6 is 23.4 Å². The zero-order chi connectivity index (χ0) is 13.8. The molecule has 3 nitrogen and oxygen atoms in total. The number of nitrogens with two attached hydrogens (primary N) is 2. The minimum Gasteiger partial charge on any atom is -0.383 e. The maximum absolute atomic E-state index is 6.21. The highest BCUT2D eigenvalue weighted by atomic mass is 35.5. The summed E-state index contributed by atoms with van der Waals surface area (Å²) >= 11 is 7.62. The molecule has 0 saturated carbocycles. The van der Waals surface area contributed by atoms with Crippen LogP contribution < -0.4 is 11.5 Å². The molecule has 4 N–H and O–H groups in total. The predicted molar refractivity (Wildman–Crippen MR) is 82.5 cm³/mol. The van der Waals surface area contributed by atoms with Crippen LogP contribution in [0.2, 0.25) is 5.02 Å². The summed E-state index contributed by atoms with van der Waals surface area (Å²) in [6.45, 7) is 2.00. The average molecular weight is 294 g/mol. The first-order valence-electron chi connectivity index (χ1n) is 5.93. The van der Waals surface area contributed by atoms with E-state index in [2.05, 4.69) is 4.98 Å². The van der Waals surface area contributed by atoms with E-state index in [4.69, 9.17) is 23.1 Å². The van der Waals surface area contributed by atoms with Crippen molar-refractivity contribution in [2.75, 3.05) is 11.5 Å². The van der Waals surface area contributed by atoms with Crippen molar-refractivity contribution in [3.63, 3.8) is 0 Å². The lowest BCUT2D eigenvalue weighted by atomic mass is 10.1. The molecule has 19 heavy (non-hydrogen) atoms. The van der Waals surface area contributed by atoms with Gasteiger partial charge in [0.15, 0.2) is 0 Å². The van der Waals surface area contributed by atoms with Crippen LogP contribution in [-0.2, 0) is 0 Å². The van der Waals surface area contributed by atoms with Crippen LogP contribution in [0, 0.1) is 6.92 Å². The lowest BCUT2D eigenvalue weighted by molar-refractivity contribution is 0.819. The molecule has 0 saturated heterocycles. The molecule has 2 aromatic rings. The van der Waals surface area contributed by atoms with Gasteiger partial charge in [-0.3, -0.25) is 0 Å². The van der Waals surface area contributed by atoms with E-state index in [0.29, 0.717) is 5.82 Å². The summed E-state index contributed by atoms with van der Waals surface area (Å²) in [6, 6.07) is 9.52. The zero-order valence-electron chi connectivity index (χ0n) is 10.6. The van der Waals surface area contributed by atoms with Crippen LogP contribution in [-0.4, -0.2) is 10.7 Å². The normalized spacial score (nSPS) is 12.4. The quantitative estimate of drug-likeness (QED) is 0.848. The summed E-state index contributed by atoms with van der Waals surface area (Å²) in [5.74, 6) is 1.25. The standard InChI is InChI=1S/C14H16ClN3S/c1-9-5-6-18-14(17)13(9)12(16)8-19-11-4-2-3-10(15)7-11/h2-7,12H,8,16H2,1H3,(H2,17,18). The second-order valence-electron chi connectivity index (χ2n) is 4.30. The number of rotatable bonds is 4. The fraction of sp³-hybridized carbons (Fsp3) is 0.214. The van der Waals surface area contributed by atoms with Gasteiger partial charge < -0.3 is 11.5 Å². The van der Waals surface area contributed by atoms with Gasteiger partial charge in [-0.25, -0.2) is 4.98 Å². The molecule has 0 fully saturated rings. The summed E-state index contributed by atoms with van der Waals surface area (Å²) in [4.78, 5) is 5.20. The van der Waals surface area contributed by atoms with E-state index >= 15 is 0 Å². The van der Waals surface area contributed by atoms with E-state index < -0.39 is 0 Å². The van der Waals surface area contributed by atoms with Gasteiger partial charge in [0, 0.05) is 33.5 Å². The van der Waals surface area contributed by atoms with Gasteiger partial charge in [0.05, 0.1) is 0 Å². The SMILES string of the molecule is Cc1ccnc(N)c1C(N)CSc1cccc(Cl)c1. The molecule has 0 aliphatic rings. The van der Waals surface area contributed by atoms with E-state index in [-0.39, 0.29) is 6.04 Å². The second-order valence-corrected chi connectivity index (χ2v) is 5.83. The fourth-order valence-electron chi connectivity index (χ4n) is 1.90. The van der Waals surface area contributed by atoms with Crippen molar-refractivity contribution >= 4 is 29.2 Å². The smallest absolute Gasteiger partial charge is 0.128 e. The van der Waals surface area contributed by atoms with Crippen LogP contribution in [0.3, 0.4) is 0 Å². The van der Waals surface area contributed by atoms with Gasteiger partial charge in [-0.15, -0.1) is 11.8 Å². The minimum absolute atomic E-state index is 0.141. The molecule has 1 aromatic heterocycles. The number of halogens is 1. The highest BCUT2D eigenvalue weighted by Crippen LogP contribution is 2.28. The first kappa shape index (κ1) is 14.2. The van der Waals surface area contributed by atoms with Crippen LogP contribution in [0.5, 0.6) is 0 Å². The Morgan fingerprint density at radius 2 is 2.16 bits per heavy atom. The molecule has 2 rings (SSSR count).